The lowest BCUT2D eigenvalue weighted by atomic mass is 10.1. The highest BCUT2D eigenvalue weighted by molar-refractivity contribution is 7.13. The lowest BCUT2D eigenvalue weighted by molar-refractivity contribution is 0.102. The molecule has 0 bridgehead atoms. The Bertz CT molecular complexity index is 1340. The summed E-state index contributed by atoms with van der Waals surface area (Å²) in [5.74, 6) is 0.372. The zero-order chi connectivity index (χ0) is 21.2. The van der Waals surface area contributed by atoms with Gasteiger partial charge in [-0.1, -0.05) is 54.0 Å². The topological polar surface area (TPSA) is 98.7 Å². The van der Waals surface area contributed by atoms with E-state index in [0.29, 0.717) is 23.0 Å². The van der Waals surface area contributed by atoms with Gasteiger partial charge in [-0.15, -0.1) is 16.4 Å². The van der Waals surface area contributed by atoms with E-state index in [1.807, 2.05) is 48.5 Å². The molecule has 1 N–H and O–H groups in total. The van der Waals surface area contributed by atoms with E-state index < -0.39 is 0 Å². The number of hydrogen-bond donors (Lipinski definition) is 1. The highest BCUT2D eigenvalue weighted by atomic mass is 32.1. The lowest BCUT2D eigenvalue weighted by Gasteiger charge is -2.07. The minimum Gasteiger partial charge on any atom is -0.355 e. The third-order valence-corrected chi connectivity index (χ3v) is 5.55. The number of anilines is 1. The summed E-state index contributed by atoms with van der Waals surface area (Å²) in [6, 6.07) is 15.6. The quantitative estimate of drug-likeness (QED) is 0.418. The van der Waals surface area contributed by atoms with Crippen molar-refractivity contribution in [2.24, 2.45) is 0 Å². The van der Waals surface area contributed by atoms with Crippen molar-refractivity contribution in [1.29, 1.82) is 0 Å². The molecule has 154 valence electrons. The highest BCUT2D eigenvalue weighted by Gasteiger charge is 2.21. The molecule has 0 unspecified atom stereocenters. The second kappa shape index (κ2) is 8.11. The molecule has 5 rings (SSSR count). The van der Waals surface area contributed by atoms with Crippen molar-refractivity contribution < 1.29 is 9.32 Å². The SMILES string of the molecule is CCCc1c(C(=O)Nc2nccs2)nnn1-c1ccc2noc(-c3ccccc3)c2c1. The zero-order valence-electron chi connectivity index (χ0n) is 16.6. The lowest BCUT2D eigenvalue weighted by Crippen LogP contribution is -2.15. The van der Waals surface area contributed by atoms with Crippen molar-refractivity contribution in [2.45, 2.75) is 19.8 Å². The molecule has 31 heavy (non-hydrogen) atoms. The van der Waals surface area contributed by atoms with Crippen LogP contribution in [0, 0.1) is 0 Å². The van der Waals surface area contributed by atoms with Gasteiger partial charge < -0.3 is 4.52 Å². The Morgan fingerprint density at radius 2 is 2.06 bits per heavy atom. The number of amides is 1. The van der Waals surface area contributed by atoms with Gasteiger partial charge in [0, 0.05) is 17.1 Å². The second-order valence-corrected chi connectivity index (χ2v) is 7.81. The molecule has 2 aromatic carbocycles. The van der Waals surface area contributed by atoms with E-state index in [4.69, 9.17) is 4.52 Å². The van der Waals surface area contributed by atoms with Crippen LogP contribution in [0.15, 0.2) is 64.6 Å². The van der Waals surface area contributed by atoms with E-state index in [1.54, 1.807) is 16.3 Å². The van der Waals surface area contributed by atoms with Crippen molar-refractivity contribution in [2.75, 3.05) is 5.32 Å². The van der Waals surface area contributed by atoms with Gasteiger partial charge in [0.15, 0.2) is 16.6 Å². The van der Waals surface area contributed by atoms with E-state index in [1.165, 1.54) is 11.3 Å². The van der Waals surface area contributed by atoms with E-state index in [9.17, 15) is 4.79 Å². The average Bonchev–Trinajstić information content (AvgIpc) is 3.54. The van der Waals surface area contributed by atoms with E-state index in [2.05, 4.69) is 32.7 Å². The van der Waals surface area contributed by atoms with Crippen molar-refractivity contribution in [1.82, 2.24) is 25.1 Å². The molecule has 0 atom stereocenters. The molecular weight excluding hydrogens is 412 g/mol. The molecule has 8 nitrogen and oxygen atoms in total. The number of carbonyl (C=O) groups is 1. The van der Waals surface area contributed by atoms with Gasteiger partial charge in [0.2, 0.25) is 0 Å². The Morgan fingerprint density at radius 3 is 2.84 bits per heavy atom. The Morgan fingerprint density at radius 1 is 1.19 bits per heavy atom. The largest absolute Gasteiger partial charge is 0.355 e. The van der Waals surface area contributed by atoms with Crippen LogP contribution < -0.4 is 5.32 Å². The minimum absolute atomic E-state index is 0.297. The third kappa shape index (κ3) is 3.59. The van der Waals surface area contributed by atoms with Crippen LogP contribution in [0.1, 0.15) is 29.5 Å². The van der Waals surface area contributed by atoms with Crippen LogP contribution in [-0.2, 0) is 6.42 Å². The predicted octanol–water partition coefficient (Wildman–Crippen LogP) is 4.74. The van der Waals surface area contributed by atoms with Gasteiger partial charge in [0.25, 0.3) is 5.91 Å². The summed E-state index contributed by atoms with van der Waals surface area (Å²) < 4.78 is 7.32. The average molecular weight is 430 g/mol. The number of fused-ring (bicyclic) bond motifs is 1. The summed E-state index contributed by atoms with van der Waals surface area (Å²) in [6.45, 7) is 2.05. The van der Waals surface area contributed by atoms with Crippen LogP contribution in [-0.4, -0.2) is 31.0 Å². The Hall–Kier alpha value is -3.85. The number of hydrogen-bond acceptors (Lipinski definition) is 7. The number of rotatable bonds is 6. The van der Waals surface area contributed by atoms with Crippen LogP contribution in [0.4, 0.5) is 5.13 Å². The fraction of sp³-hybridized carbons (Fsp3) is 0.136. The first-order chi connectivity index (χ1) is 15.2. The van der Waals surface area contributed by atoms with Gasteiger partial charge in [-0.2, -0.15) is 0 Å². The van der Waals surface area contributed by atoms with Gasteiger partial charge in [-0.25, -0.2) is 9.67 Å². The maximum absolute atomic E-state index is 12.8. The van der Waals surface area contributed by atoms with Crippen LogP contribution in [0.25, 0.3) is 27.9 Å². The van der Waals surface area contributed by atoms with E-state index in [-0.39, 0.29) is 5.91 Å². The standard InChI is InChI=1S/C22H18N6O2S/c1-2-6-18-19(21(29)24-22-23-11-12-31-22)25-27-28(18)15-9-10-17-16(13-15)20(30-26-17)14-7-4-3-5-8-14/h3-5,7-13H,2,6H2,1H3,(H,23,24,29). The molecule has 1 amide bonds. The second-order valence-electron chi connectivity index (χ2n) is 6.92. The molecular formula is C22H18N6O2S. The summed E-state index contributed by atoms with van der Waals surface area (Å²) >= 11 is 1.35. The normalized spacial score (nSPS) is 11.1. The maximum Gasteiger partial charge on any atom is 0.279 e. The monoisotopic (exact) mass is 430 g/mol. The minimum atomic E-state index is -0.319. The number of nitrogens with one attached hydrogen (secondary N) is 1. The van der Waals surface area contributed by atoms with Gasteiger partial charge in [0.1, 0.15) is 5.52 Å². The fourth-order valence-corrected chi connectivity index (χ4v) is 3.97. The van der Waals surface area contributed by atoms with Crippen molar-refractivity contribution in [3.05, 3.63) is 71.5 Å². The number of aromatic nitrogens is 5. The number of carbonyl (C=O) groups excluding carboxylic acids is 1. The first-order valence-electron chi connectivity index (χ1n) is 9.85. The molecule has 9 heteroatoms. The van der Waals surface area contributed by atoms with Crippen molar-refractivity contribution >= 4 is 33.3 Å². The highest BCUT2D eigenvalue weighted by Crippen LogP contribution is 2.30. The maximum atomic E-state index is 12.8. The predicted molar refractivity (Wildman–Crippen MR) is 118 cm³/mol. The zero-order valence-corrected chi connectivity index (χ0v) is 17.5. The Kier molecular flexibility index (Phi) is 5.01. The molecule has 0 fully saturated rings. The van der Waals surface area contributed by atoms with Crippen LogP contribution in [0.2, 0.25) is 0 Å². The molecule has 0 saturated carbocycles. The first kappa shape index (κ1) is 19.1. The van der Waals surface area contributed by atoms with Gasteiger partial charge in [-0.3, -0.25) is 10.1 Å². The van der Waals surface area contributed by atoms with E-state index in [0.717, 1.165) is 34.3 Å². The fourth-order valence-electron chi connectivity index (χ4n) is 3.45. The Balaban J connectivity index is 1.56. The summed E-state index contributed by atoms with van der Waals surface area (Å²) in [5, 5.41) is 18.6. The molecule has 5 aromatic rings. The first-order valence-corrected chi connectivity index (χ1v) is 10.7. The van der Waals surface area contributed by atoms with Crippen LogP contribution >= 0.6 is 11.3 Å². The summed E-state index contributed by atoms with van der Waals surface area (Å²) in [6.07, 6.45) is 3.14. The molecule has 3 aromatic heterocycles. The third-order valence-electron chi connectivity index (χ3n) is 4.86. The van der Waals surface area contributed by atoms with Crippen LogP contribution in [0.3, 0.4) is 0 Å². The summed E-state index contributed by atoms with van der Waals surface area (Å²) in [7, 11) is 0. The van der Waals surface area contributed by atoms with Crippen molar-refractivity contribution in [3.63, 3.8) is 0 Å². The molecule has 0 radical (unpaired) electrons. The smallest absolute Gasteiger partial charge is 0.279 e. The summed E-state index contributed by atoms with van der Waals surface area (Å²) in [5.41, 5.74) is 3.52. The molecule has 0 aliphatic rings. The van der Waals surface area contributed by atoms with Crippen LogP contribution in [0.5, 0.6) is 0 Å². The van der Waals surface area contributed by atoms with E-state index >= 15 is 0 Å². The van der Waals surface area contributed by atoms with Gasteiger partial charge >= 0.3 is 0 Å². The summed E-state index contributed by atoms with van der Waals surface area (Å²) in [4.78, 5) is 16.9. The molecule has 0 aliphatic heterocycles. The Labute approximate surface area is 181 Å². The molecule has 0 saturated heterocycles. The van der Waals surface area contributed by atoms with Crippen molar-refractivity contribution in [3.8, 4) is 17.0 Å². The molecule has 3 heterocycles. The molecule has 0 spiro atoms. The van der Waals surface area contributed by atoms with Gasteiger partial charge in [-0.05, 0) is 24.6 Å². The molecule has 0 aliphatic carbocycles. The number of thiazole rings is 1. The van der Waals surface area contributed by atoms with Gasteiger partial charge in [0.05, 0.1) is 16.8 Å². The number of benzene rings is 2. The number of nitrogens with zero attached hydrogens (tertiary/aromatic N) is 5.